The summed E-state index contributed by atoms with van der Waals surface area (Å²) < 4.78 is 5.24. The minimum Gasteiger partial charge on any atom is -0.467 e. The van der Waals surface area contributed by atoms with Crippen LogP contribution in [0.1, 0.15) is 51.1 Å². The maximum absolute atomic E-state index is 12.5. The summed E-state index contributed by atoms with van der Waals surface area (Å²) in [5, 5.41) is 3.43. The van der Waals surface area contributed by atoms with Crippen LogP contribution in [-0.4, -0.2) is 42.1 Å². The lowest BCUT2D eigenvalue weighted by Crippen LogP contribution is -2.51. The Kier molecular flexibility index (Phi) is 4.53. The van der Waals surface area contributed by atoms with Gasteiger partial charge in [-0.3, -0.25) is 4.79 Å². The highest BCUT2D eigenvalue weighted by Gasteiger charge is 2.48. The number of hydrogen-bond donors (Lipinski definition) is 1. The summed E-state index contributed by atoms with van der Waals surface area (Å²) in [7, 11) is 1.61. The third kappa shape index (κ3) is 3.26. The molecule has 6 nitrogen and oxygen atoms in total. The standard InChI is InChI=1S/C20H30N4O2/c1-13-10-15(13)18(25)22-16-6-4-5-7-20(16)8-9-24(12-20)17-11-14(2)21-19(23-17)26-3/h11,13,15-16H,4-10,12H2,1-3H3,(H,22,25)/t13-,15-,16?,20?/m1/s1. The van der Waals surface area contributed by atoms with Crippen molar-refractivity contribution in [2.45, 2.75) is 58.4 Å². The predicted molar refractivity (Wildman–Crippen MR) is 100 cm³/mol. The molecule has 4 rings (SSSR count). The normalized spacial score (nSPS) is 33.3. The van der Waals surface area contributed by atoms with Gasteiger partial charge < -0.3 is 15.0 Å². The van der Waals surface area contributed by atoms with E-state index < -0.39 is 0 Å². The van der Waals surface area contributed by atoms with Crippen LogP contribution in [0.5, 0.6) is 6.01 Å². The molecule has 3 fully saturated rings. The number of hydrogen-bond acceptors (Lipinski definition) is 5. The van der Waals surface area contributed by atoms with Crippen LogP contribution in [0.15, 0.2) is 6.07 Å². The Morgan fingerprint density at radius 1 is 1.35 bits per heavy atom. The zero-order chi connectivity index (χ0) is 18.3. The Bertz CT molecular complexity index is 694. The number of aromatic nitrogens is 2. The fourth-order valence-electron chi connectivity index (χ4n) is 4.86. The van der Waals surface area contributed by atoms with E-state index in [2.05, 4.69) is 27.1 Å². The molecule has 2 unspecified atom stereocenters. The maximum atomic E-state index is 12.5. The molecule has 1 spiro atoms. The number of nitrogens with zero attached hydrogens (tertiary/aromatic N) is 3. The van der Waals surface area contributed by atoms with E-state index in [0.29, 0.717) is 18.0 Å². The van der Waals surface area contributed by atoms with Crippen molar-refractivity contribution in [3.05, 3.63) is 11.8 Å². The Balaban J connectivity index is 1.50. The molecule has 1 N–H and O–H groups in total. The van der Waals surface area contributed by atoms with Gasteiger partial charge in [0, 0.05) is 42.2 Å². The van der Waals surface area contributed by atoms with Crippen LogP contribution in [0.25, 0.3) is 0 Å². The van der Waals surface area contributed by atoms with Crippen LogP contribution in [0.2, 0.25) is 0 Å². The molecule has 1 aromatic heterocycles. The van der Waals surface area contributed by atoms with Gasteiger partial charge in [0.2, 0.25) is 5.91 Å². The van der Waals surface area contributed by atoms with Gasteiger partial charge in [-0.1, -0.05) is 19.8 Å². The van der Waals surface area contributed by atoms with Gasteiger partial charge in [-0.2, -0.15) is 4.98 Å². The lowest BCUT2D eigenvalue weighted by molar-refractivity contribution is -0.124. The topological polar surface area (TPSA) is 67.3 Å². The molecule has 0 radical (unpaired) electrons. The van der Waals surface area contributed by atoms with Gasteiger partial charge in [0.05, 0.1) is 7.11 Å². The molecule has 26 heavy (non-hydrogen) atoms. The number of carbonyl (C=O) groups excluding carboxylic acids is 1. The first-order valence-electron chi connectivity index (χ1n) is 9.96. The Morgan fingerprint density at radius 2 is 2.15 bits per heavy atom. The van der Waals surface area contributed by atoms with Crippen molar-refractivity contribution in [2.24, 2.45) is 17.3 Å². The number of aryl methyl sites for hydroxylation is 1. The molecular weight excluding hydrogens is 328 g/mol. The number of amides is 1. The number of anilines is 1. The number of ether oxygens (including phenoxy) is 1. The van der Waals surface area contributed by atoms with Crippen LogP contribution in [0.4, 0.5) is 5.82 Å². The lowest BCUT2D eigenvalue weighted by Gasteiger charge is -2.42. The zero-order valence-corrected chi connectivity index (χ0v) is 16.1. The van der Waals surface area contributed by atoms with Gasteiger partial charge in [0.15, 0.2) is 0 Å². The fourth-order valence-corrected chi connectivity index (χ4v) is 4.86. The molecule has 2 aliphatic carbocycles. The molecule has 1 aliphatic heterocycles. The van der Waals surface area contributed by atoms with E-state index >= 15 is 0 Å². The summed E-state index contributed by atoms with van der Waals surface area (Å²) >= 11 is 0. The Labute approximate surface area is 155 Å². The van der Waals surface area contributed by atoms with Crippen LogP contribution in [-0.2, 0) is 4.79 Å². The smallest absolute Gasteiger partial charge is 0.318 e. The highest BCUT2D eigenvalue weighted by molar-refractivity contribution is 5.81. The SMILES string of the molecule is COc1nc(C)cc(N2CCC3(CCCCC3NC(=O)[C@@H]3C[C@H]3C)C2)n1. The third-order valence-corrected chi connectivity index (χ3v) is 6.63. The van der Waals surface area contributed by atoms with E-state index in [1.54, 1.807) is 7.11 Å². The Hall–Kier alpha value is -1.85. The first-order chi connectivity index (χ1) is 12.5. The summed E-state index contributed by atoms with van der Waals surface area (Å²) in [5.74, 6) is 2.03. The fraction of sp³-hybridized carbons (Fsp3) is 0.750. The molecule has 4 atom stereocenters. The lowest BCUT2D eigenvalue weighted by atomic mass is 9.69. The van der Waals surface area contributed by atoms with Crippen molar-refractivity contribution in [3.63, 3.8) is 0 Å². The molecule has 6 heteroatoms. The van der Waals surface area contributed by atoms with E-state index in [9.17, 15) is 4.79 Å². The molecule has 1 aromatic rings. The molecule has 2 heterocycles. The molecule has 0 bridgehead atoms. The summed E-state index contributed by atoms with van der Waals surface area (Å²) in [6, 6.07) is 2.76. The monoisotopic (exact) mass is 358 g/mol. The molecule has 1 amide bonds. The second kappa shape index (κ2) is 6.71. The van der Waals surface area contributed by atoms with Crippen LogP contribution >= 0.6 is 0 Å². The number of methoxy groups -OCH3 is 1. The molecule has 2 saturated carbocycles. The maximum Gasteiger partial charge on any atom is 0.318 e. The van der Waals surface area contributed by atoms with Crippen molar-refractivity contribution in [1.29, 1.82) is 0 Å². The second-order valence-corrected chi connectivity index (χ2v) is 8.51. The minimum absolute atomic E-state index is 0.179. The first kappa shape index (κ1) is 17.6. The van der Waals surface area contributed by atoms with Crippen molar-refractivity contribution in [1.82, 2.24) is 15.3 Å². The van der Waals surface area contributed by atoms with E-state index in [-0.39, 0.29) is 17.2 Å². The van der Waals surface area contributed by atoms with Crippen molar-refractivity contribution in [2.75, 3.05) is 25.1 Å². The van der Waals surface area contributed by atoms with E-state index in [4.69, 9.17) is 4.74 Å². The molecule has 3 aliphatic rings. The van der Waals surface area contributed by atoms with E-state index in [1.165, 1.54) is 19.3 Å². The van der Waals surface area contributed by atoms with Crippen molar-refractivity contribution in [3.8, 4) is 6.01 Å². The van der Waals surface area contributed by atoms with Gasteiger partial charge in [-0.15, -0.1) is 0 Å². The Morgan fingerprint density at radius 3 is 2.88 bits per heavy atom. The minimum atomic E-state index is 0.179. The van der Waals surface area contributed by atoms with E-state index in [0.717, 1.165) is 43.9 Å². The number of nitrogens with one attached hydrogen (secondary N) is 1. The molecule has 1 saturated heterocycles. The summed E-state index contributed by atoms with van der Waals surface area (Å²) in [4.78, 5) is 23.7. The quantitative estimate of drug-likeness (QED) is 0.896. The average Bonchev–Trinajstić information content (AvgIpc) is 3.22. The molecular formula is C20H30N4O2. The number of rotatable bonds is 4. The van der Waals surface area contributed by atoms with Crippen molar-refractivity contribution >= 4 is 11.7 Å². The van der Waals surface area contributed by atoms with Crippen LogP contribution < -0.4 is 15.0 Å². The second-order valence-electron chi connectivity index (χ2n) is 8.51. The predicted octanol–water partition coefficient (Wildman–Crippen LogP) is 2.70. The number of carbonyl (C=O) groups is 1. The van der Waals surface area contributed by atoms with Gasteiger partial charge in [-0.25, -0.2) is 4.98 Å². The van der Waals surface area contributed by atoms with E-state index in [1.807, 2.05) is 13.0 Å². The third-order valence-electron chi connectivity index (χ3n) is 6.63. The van der Waals surface area contributed by atoms with Gasteiger partial charge in [-0.05, 0) is 38.5 Å². The first-order valence-corrected chi connectivity index (χ1v) is 9.96. The summed E-state index contributed by atoms with van der Waals surface area (Å²) in [5.41, 5.74) is 1.10. The van der Waals surface area contributed by atoms with Gasteiger partial charge in [0.1, 0.15) is 5.82 Å². The van der Waals surface area contributed by atoms with Crippen LogP contribution in [0, 0.1) is 24.2 Å². The van der Waals surface area contributed by atoms with Gasteiger partial charge >= 0.3 is 6.01 Å². The van der Waals surface area contributed by atoms with Crippen LogP contribution in [0.3, 0.4) is 0 Å². The molecule has 142 valence electrons. The van der Waals surface area contributed by atoms with Crippen molar-refractivity contribution < 1.29 is 9.53 Å². The summed E-state index contributed by atoms with van der Waals surface area (Å²) in [6.45, 7) is 6.08. The summed E-state index contributed by atoms with van der Waals surface area (Å²) in [6.07, 6.45) is 6.93. The zero-order valence-electron chi connectivity index (χ0n) is 16.1. The van der Waals surface area contributed by atoms with Gasteiger partial charge in [0.25, 0.3) is 0 Å². The highest BCUT2D eigenvalue weighted by atomic mass is 16.5. The highest BCUT2D eigenvalue weighted by Crippen LogP contribution is 2.46. The average molecular weight is 358 g/mol. The largest absolute Gasteiger partial charge is 0.467 e. The molecule has 0 aromatic carbocycles.